The summed E-state index contributed by atoms with van der Waals surface area (Å²) >= 11 is 0. The van der Waals surface area contributed by atoms with E-state index in [1.807, 2.05) is 6.20 Å². The molecule has 1 saturated carbocycles. The molecule has 0 bridgehead atoms. The molecule has 0 unspecified atom stereocenters. The summed E-state index contributed by atoms with van der Waals surface area (Å²) in [5, 5.41) is 14.8. The van der Waals surface area contributed by atoms with E-state index in [0.29, 0.717) is 12.1 Å². The average Bonchev–Trinajstić information content (AvgIpc) is 3.39. The van der Waals surface area contributed by atoms with Crippen molar-refractivity contribution < 1.29 is 24.5 Å². The fraction of sp³-hybridized carbons (Fsp3) is 0.500. The zero-order chi connectivity index (χ0) is 22.3. The Hall–Kier alpha value is -2.87. The SMILES string of the molecule is CC(=O)O.CC(=O)O.COc1cc2c(cc1-c1nccn1[C@@H]1CC[C@H](N)C1)CCC2. The lowest BCUT2D eigenvalue weighted by Gasteiger charge is -2.17. The van der Waals surface area contributed by atoms with E-state index in [1.54, 1.807) is 7.11 Å². The fourth-order valence-electron chi connectivity index (χ4n) is 4.01. The highest BCUT2D eigenvalue weighted by atomic mass is 16.5. The number of fused-ring (bicyclic) bond motifs is 1. The number of aliphatic carboxylic acids is 2. The first-order valence-electron chi connectivity index (χ1n) is 10.1. The largest absolute Gasteiger partial charge is 0.496 e. The molecule has 8 heteroatoms. The molecule has 4 rings (SSSR count). The first kappa shape index (κ1) is 23.4. The summed E-state index contributed by atoms with van der Waals surface area (Å²) < 4.78 is 7.95. The molecule has 2 atom stereocenters. The highest BCUT2D eigenvalue weighted by molar-refractivity contribution is 5.68. The lowest BCUT2D eigenvalue weighted by atomic mass is 10.0. The van der Waals surface area contributed by atoms with Crippen molar-refractivity contribution in [2.75, 3.05) is 7.11 Å². The summed E-state index contributed by atoms with van der Waals surface area (Å²) in [5.74, 6) is 0.293. The van der Waals surface area contributed by atoms with Crippen LogP contribution in [0.5, 0.6) is 5.75 Å². The molecule has 0 radical (unpaired) electrons. The number of hydrogen-bond acceptors (Lipinski definition) is 5. The number of carboxylic acid groups (broad SMARTS) is 2. The van der Waals surface area contributed by atoms with E-state index in [1.165, 1.54) is 24.0 Å². The molecule has 2 aliphatic rings. The second-order valence-corrected chi connectivity index (χ2v) is 7.60. The third-order valence-electron chi connectivity index (χ3n) is 5.16. The van der Waals surface area contributed by atoms with Crippen molar-refractivity contribution in [3.63, 3.8) is 0 Å². The van der Waals surface area contributed by atoms with Crippen molar-refractivity contribution in [3.05, 3.63) is 35.7 Å². The Morgan fingerprint density at radius 2 is 1.73 bits per heavy atom. The summed E-state index contributed by atoms with van der Waals surface area (Å²) in [4.78, 5) is 22.6. The van der Waals surface area contributed by atoms with E-state index in [9.17, 15) is 0 Å². The summed E-state index contributed by atoms with van der Waals surface area (Å²) in [7, 11) is 1.75. The topological polar surface area (TPSA) is 128 Å². The van der Waals surface area contributed by atoms with Crippen LogP contribution >= 0.6 is 0 Å². The van der Waals surface area contributed by atoms with E-state index in [2.05, 4.69) is 27.9 Å². The Bertz CT molecular complexity index is 858. The number of carbonyl (C=O) groups is 2. The van der Waals surface area contributed by atoms with Crippen molar-refractivity contribution in [1.29, 1.82) is 0 Å². The van der Waals surface area contributed by atoms with Crippen molar-refractivity contribution in [1.82, 2.24) is 9.55 Å². The number of nitrogens with two attached hydrogens (primary N) is 1. The Balaban J connectivity index is 0.000000347. The minimum Gasteiger partial charge on any atom is -0.496 e. The number of benzene rings is 1. The van der Waals surface area contributed by atoms with E-state index in [0.717, 1.165) is 56.7 Å². The second-order valence-electron chi connectivity index (χ2n) is 7.60. The van der Waals surface area contributed by atoms with Crippen LogP contribution in [-0.2, 0) is 22.4 Å². The smallest absolute Gasteiger partial charge is 0.300 e. The molecule has 4 N–H and O–H groups in total. The van der Waals surface area contributed by atoms with Crippen LogP contribution in [0.25, 0.3) is 11.4 Å². The number of rotatable bonds is 3. The van der Waals surface area contributed by atoms with Crippen molar-refractivity contribution >= 4 is 11.9 Å². The van der Waals surface area contributed by atoms with Gasteiger partial charge in [-0.3, -0.25) is 9.59 Å². The van der Waals surface area contributed by atoms with Gasteiger partial charge in [0.05, 0.1) is 12.7 Å². The molecule has 0 spiro atoms. The van der Waals surface area contributed by atoms with Gasteiger partial charge in [0.1, 0.15) is 11.6 Å². The molecule has 1 aromatic carbocycles. The van der Waals surface area contributed by atoms with Crippen LogP contribution in [0.4, 0.5) is 0 Å². The van der Waals surface area contributed by atoms with Crippen LogP contribution in [0.1, 0.15) is 56.7 Å². The van der Waals surface area contributed by atoms with Crippen molar-refractivity contribution in [2.45, 2.75) is 64.5 Å². The number of aryl methyl sites for hydroxylation is 2. The van der Waals surface area contributed by atoms with Gasteiger partial charge >= 0.3 is 0 Å². The molecule has 2 aliphatic carbocycles. The van der Waals surface area contributed by atoms with Gasteiger partial charge in [0.15, 0.2) is 0 Å². The van der Waals surface area contributed by atoms with Crippen molar-refractivity contribution in [2.24, 2.45) is 5.73 Å². The van der Waals surface area contributed by atoms with Gasteiger partial charge in [-0.05, 0) is 61.8 Å². The number of carboxylic acids is 2. The highest BCUT2D eigenvalue weighted by Crippen LogP contribution is 2.38. The molecule has 1 fully saturated rings. The summed E-state index contributed by atoms with van der Waals surface area (Å²) in [5.41, 5.74) is 10.1. The standard InChI is InChI=1S/C18H23N3O.2C2H4O2/c1-22-17-10-13-4-2-3-12(13)9-16(17)18-20-7-8-21(18)15-6-5-14(19)11-15;2*1-2(3)4/h7-10,14-15H,2-6,11,19H2,1H3;2*1H3,(H,3,4)/t14-,15+;;/m0../s1. The highest BCUT2D eigenvalue weighted by Gasteiger charge is 2.26. The zero-order valence-corrected chi connectivity index (χ0v) is 17.8. The van der Waals surface area contributed by atoms with Gasteiger partial charge in [-0.1, -0.05) is 0 Å². The zero-order valence-electron chi connectivity index (χ0n) is 17.8. The summed E-state index contributed by atoms with van der Waals surface area (Å²) in [6.07, 6.45) is 10.8. The number of methoxy groups -OCH3 is 1. The molecular formula is C22H31N3O5. The van der Waals surface area contributed by atoms with Gasteiger partial charge in [0.2, 0.25) is 0 Å². The molecule has 30 heavy (non-hydrogen) atoms. The number of ether oxygens (including phenoxy) is 1. The van der Waals surface area contributed by atoms with Crippen LogP contribution in [0, 0.1) is 0 Å². The lowest BCUT2D eigenvalue weighted by Crippen LogP contribution is -2.16. The molecular weight excluding hydrogens is 386 g/mol. The molecule has 8 nitrogen and oxygen atoms in total. The Morgan fingerprint density at radius 1 is 1.13 bits per heavy atom. The minimum absolute atomic E-state index is 0.321. The first-order chi connectivity index (χ1) is 14.2. The van der Waals surface area contributed by atoms with Crippen LogP contribution in [0.2, 0.25) is 0 Å². The van der Waals surface area contributed by atoms with Crippen LogP contribution < -0.4 is 10.5 Å². The maximum atomic E-state index is 9.00. The van der Waals surface area contributed by atoms with E-state index < -0.39 is 11.9 Å². The first-order valence-corrected chi connectivity index (χ1v) is 10.1. The van der Waals surface area contributed by atoms with Crippen LogP contribution in [-0.4, -0.2) is 44.9 Å². The van der Waals surface area contributed by atoms with Gasteiger partial charge in [0.25, 0.3) is 11.9 Å². The van der Waals surface area contributed by atoms with Crippen molar-refractivity contribution in [3.8, 4) is 17.1 Å². The Kier molecular flexibility index (Phi) is 8.41. The number of nitrogens with zero attached hydrogens (tertiary/aromatic N) is 2. The Morgan fingerprint density at radius 3 is 2.27 bits per heavy atom. The summed E-state index contributed by atoms with van der Waals surface area (Å²) in [6.45, 7) is 2.17. The fourth-order valence-corrected chi connectivity index (χ4v) is 4.01. The van der Waals surface area contributed by atoms with Crippen LogP contribution in [0.3, 0.4) is 0 Å². The average molecular weight is 418 g/mol. The molecule has 1 aromatic heterocycles. The number of imidazole rings is 1. The predicted molar refractivity (Wildman–Crippen MR) is 114 cm³/mol. The maximum Gasteiger partial charge on any atom is 0.300 e. The third kappa shape index (κ3) is 6.32. The van der Waals surface area contributed by atoms with Gasteiger partial charge in [0, 0.05) is 38.3 Å². The number of hydrogen-bond donors (Lipinski definition) is 3. The van der Waals surface area contributed by atoms with Gasteiger partial charge in [-0.2, -0.15) is 0 Å². The monoisotopic (exact) mass is 417 g/mol. The molecule has 0 saturated heterocycles. The predicted octanol–water partition coefficient (Wildman–Crippen LogP) is 3.28. The maximum absolute atomic E-state index is 9.00. The molecule has 0 amide bonds. The minimum atomic E-state index is -0.833. The Labute approximate surface area is 176 Å². The van der Waals surface area contributed by atoms with Gasteiger partial charge in [-0.25, -0.2) is 4.98 Å². The lowest BCUT2D eigenvalue weighted by molar-refractivity contribution is -0.135. The third-order valence-corrected chi connectivity index (χ3v) is 5.16. The van der Waals surface area contributed by atoms with Crippen LogP contribution in [0.15, 0.2) is 24.5 Å². The van der Waals surface area contributed by atoms with Gasteiger partial charge < -0.3 is 25.3 Å². The molecule has 1 heterocycles. The van der Waals surface area contributed by atoms with Gasteiger partial charge in [-0.15, -0.1) is 0 Å². The molecule has 0 aliphatic heterocycles. The number of aromatic nitrogens is 2. The van der Waals surface area contributed by atoms with E-state index in [4.69, 9.17) is 30.3 Å². The summed E-state index contributed by atoms with van der Waals surface area (Å²) in [6, 6.07) is 5.28. The molecule has 164 valence electrons. The normalized spacial score (nSPS) is 19.1. The van der Waals surface area contributed by atoms with E-state index in [-0.39, 0.29) is 0 Å². The van der Waals surface area contributed by atoms with E-state index >= 15 is 0 Å². The quantitative estimate of drug-likeness (QED) is 0.699. The molecule has 2 aromatic rings. The second kappa shape index (κ2) is 10.8.